The van der Waals surface area contributed by atoms with Crippen LogP contribution in [0.25, 0.3) is 0 Å². The maximum atomic E-state index is 12.0. The summed E-state index contributed by atoms with van der Waals surface area (Å²) < 4.78 is 10.7. The molecule has 0 radical (unpaired) electrons. The van der Waals surface area contributed by atoms with Crippen molar-refractivity contribution >= 4 is 11.7 Å². The van der Waals surface area contributed by atoms with Crippen molar-refractivity contribution in [2.24, 2.45) is 0 Å². The number of benzene rings is 1. The summed E-state index contributed by atoms with van der Waals surface area (Å²) in [6.07, 6.45) is 0. The zero-order valence-electron chi connectivity index (χ0n) is 13.1. The number of rotatable bonds is 7. The number of nitrogens with one attached hydrogen (secondary N) is 2. The third kappa shape index (κ3) is 5.63. The van der Waals surface area contributed by atoms with E-state index in [1.54, 1.807) is 0 Å². The van der Waals surface area contributed by atoms with Crippen LogP contribution in [0.3, 0.4) is 0 Å². The van der Waals surface area contributed by atoms with E-state index >= 15 is 0 Å². The molecule has 1 aliphatic heterocycles. The van der Waals surface area contributed by atoms with Gasteiger partial charge in [-0.05, 0) is 13.0 Å². The van der Waals surface area contributed by atoms with E-state index in [9.17, 15) is 4.79 Å². The molecule has 0 aromatic heterocycles. The molecular weight excluding hydrogens is 282 g/mol. The Hall–Kier alpha value is -1.63. The zero-order chi connectivity index (χ0) is 15.6. The van der Waals surface area contributed by atoms with Crippen molar-refractivity contribution in [1.82, 2.24) is 10.2 Å². The first kappa shape index (κ1) is 16.7. The van der Waals surface area contributed by atoms with Gasteiger partial charge in [-0.1, -0.05) is 18.2 Å². The number of morpholine rings is 1. The molecule has 1 aromatic carbocycles. The number of hydrogen-bond donors (Lipinski definition) is 2. The second kappa shape index (κ2) is 9.40. The lowest BCUT2D eigenvalue weighted by atomic mass is 10.2. The van der Waals surface area contributed by atoms with Gasteiger partial charge in [0.1, 0.15) is 0 Å². The number of nitrogens with zero attached hydrogens (tertiary/aromatic N) is 1. The first-order valence-corrected chi connectivity index (χ1v) is 7.80. The third-order valence-electron chi connectivity index (χ3n) is 3.54. The number of para-hydroxylation sites is 1. The van der Waals surface area contributed by atoms with E-state index in [0.29, 0.717) is 19.8 Å². The highest BCUT2D eigenvalue weighted by Gasteiger charge is 2.10. The van der Waals surface area contributed by atoms with Gasteiger partial charge in [0, 0.05) is 44.0 Å². The molecule has 0 unspecified atom stereocenters. The van der Waals surface area contributed by atoms with Gasteiger partial charge in [0.05, 0.1) is 19.8 Å². The van der Waals surface area contributed by atoms with Crippen molar-refractivity contribution in [1.29, 1.82) is 0 Å². The Balaban J connectivity index is 1.74. The summed E-state index contributed by atoms with van der Waals surface area (Å²) in [5.41, 5.74) is 1.77. The molecular formula is C16H25N3O3. The van der Waals surface area contributed by atoms with Crippen LogP contribution in [0, 0.1) is 0 Å². The molecule has 2 rings (SSSR count). The summed E-state index contributed by atoms with van der Waals surface area (Å²) in [7, 11) is 0. The fraction of sp³-hybridized carbons (Fsp3) is 0.562. The first-order chi connectivity index (χ1) is 10.8. The molecule has 1 fully saturated rings. The summed E-state index contributed by atoms with van der Waals surface area (Å²) in [6.45, 7) is 7.99. The van der Waals surface area contributed by atoms with Crippen molar-refractivity contribution in [2.45, 2.75) is 13.5 Å². The van der Waals surface area contributed by atoms with Gasteiger partial charge in [0.25, 0.3) is 0 Å². The van der Waals surface area contributed by atoms with Gasteiger partial charge in [-0.2, -0.15) is 0 Å². The van der Waals surface area contributed by atoms with Crippen LogP contribution in [0.2, 0.25) is 0 Å². The van der Waals surface area contributed by atoms with Gasteiger partial charge in [-0.25, -0.2) is 4.79 Å². The first-order valence-electron chi connectivity index (χ1n) is 7.80. The predicted octanol–water partition coefficient (Wildman–Crippen LogP) is 1.68. The summed E-state index contributed by atoms with van der Waals surface area (Å²) in [5, 5.41) is 5.77. The van der Waals surface area contributed by atoms with E-state index in [0.717, 1.165) is 44.1 Å². The van der Waals surface area contributed by atoms with Crippen molar-refractivity contribution in [3.8, 4) is 0 Å². The van der Waals surface area contributed by atoms with Crippen LogP contribution in [0.4, 0.5) is 10.5 Å². The van der Waals surface area contributed by atoms with Crippen LogP contribution in [0.15, 0.2) is 24.3 Å². The number of carbonyl (C=O) groups is 1. The second-order valence-electron chi connectivity index (χ2n) is 5.13. The number of anilines is 1. The maximum Gasteiger partial charge on any atom is 0.319 e. The Morgan fingerprint density at radius 2 is 2.09 bits per heavy atom. The highest BCUT2D eigenvalue weighted by Crippen LogP contribution is 2.15. The maximum absolute atomic E-state index is 12.0. The van der Waals surface area contributed by atoms with E-state index in [1.807, 2.05) is 31.2 Å². The van der Waals surface area contributed by atoms with Gasteiger partial charge in [-0.3, -0.25) is 4.90 Å². The van der Waals surface area contributed by atoms with Gasteiger partial charge < -0.3 is 20.1 Å². The Labute approximate surface area is 131 Å². The molecule has 1 heterocycles. The molecule has 1 aliphatic rings. The molecule has 0 aliphatic carbocycles. The smallest absolute Gasteiger partial charge is 0.319 e. The normalized spacial score (nSPS) is 15.5. The van der Waals surface area contributed by atoms with E-state index in [4.69, 9.17) is 9.47 Å². The molecule has 0 saturated carbocycles. The third-order valence-corrected chi connectivity index (χ3v) is 3.54. The molecule has 2 amide bonds. The molecule has 22 heavy (non-hydrogen) atoms. The highest BCUT2D eigenvalue weighted by atomic mass is 16.5. The number of hydrogen-bond acceptors (Lipinski definition) is 4. The molecule has 0 atom stereocenters. The average molecular weight is 307 g/mol. The SMILES string of the molecule is CCOCc1ccccc1NC(=O)NCCN1CCOCC1. The predicted molar refractivity (Wildman–Crippen MR) is 86.1 cm³/mol. The van der Waals surface area contributed by atoms with Crippen LogP contribution in [0.1, 0.15) is 12.5 Å². The van der Waals surface area contributed by atoms with Gasteiger partial charge >= 0.3 is 6.03 Å². The molecule has 122 valence electrons. The van der Waals surface area contributed by atoms with Crippen molar-refractivity contribution in [2.75, 3.05) is 51.3 Å². The fourth-order valence-electron chi connectivity index (χ4n) is 2.30. The number of carbonyl (C=O) groups excluding carboxylic acids is 1. The Morgan fingerprint density at radius 1 is 1.32 bits per heavy atom. The number of ether oxygens (including phenoxy) is 2. The zero-order valence-corrected chi connectivity index (χ0v) is 13.1. The molecule has 6 heteroatoms. The van der Waals surface area contributed by atoms with Crippen molar-refractivity contribution in [3.05, 3.63) is 29.8 Å². The largest absolute Gasteiger partial charge is 0.379 e. The fourth-order valence-corrected chi connectivity index (χ4v) is 2.30. The van der Waals surface area contributed by atoms with Crippen LogP contribution in [0.5, 0.6) is 0 Å². The van der Waals surface area contributed by atoms with Crippen LogP contribution in [-0.2, 0) is 16.1 Å². The lowest BCUT2D eigenvalue weighted by molar-refractivity contribution is 0.0388. The molecule has 0 spiro atoms. The van der Waals surface area contributed by atoms with Crippen LogP contribution >= 0.6 is 0 Å². The van der Waals surface area contributed by atoms with E-state index < -0.39 is 0 Å². The van der Waals surface area contributed by atoms with Gasteiger partial charge in [0.15, 0.2) is 0 Å². The molecule has 1 saturated heterocycles. The van der Waals surface area contributed by atoms with Crippen molar-refractivity contribution < 1.29 is 14.3 Å². The van der Waals surface area contributed by atoms with E-state index in [2.05, 4.69) is 15.5 Å². The molecule has 2 N–H and O–H groups in total. The van der Waals surface area contributed by atoms with Crippen LogP contribution in [-0.4, -0.2) is 56.9 Å². The minimum Gasteiger partial charge on any atom is -0.379 e. The van der Waals surface area contributed by atoms with E-state index in [1.165, 1.54) is 0 Å². The monoisotopic (exact) mass is 307 g/mol. The highest BCUT2D eigenvalue weighted by molar-refractivity contribution is 5.90. The standard InChI is InChI=1S/C16H25N3O3/c1-2-21-13-14-5-3-4-6-15(14)18-16(20)17-7-8-19-9-11-22-12-10-19/h3-6H,2,7-13H2,1H3,(H2,17,18,20). The number of urea groups is 1. The summed E-state index contributed by atoms with van der Waals surface area (Å²) >= 11 is 0. The number of amides is 2. The lowest BCUT2D eigenvalue weighted by Gasteiger charge is -2.26. The lowest BCUT2D eigenvalue weighted by Crippen LogP contribution is -2.42. The minimum atomic E-state index is -0.183. The summed E-state index contributed by atoms with van der Waals surface area (Å²) in [5.74, 6) is 0. The molecule has 0 bridgehead atoms. The summed E-state index contributed by atoms with van der Waals surface area (Å²) in [4.78, 5) is 14.3. The molecule has 1 aromatic rings. The van der Waals surface area contributed by atoms with Gasteiger partial charge in [0.2, 0.25) is 0 Å². The van der Waals surface area contributed by atoms with E-state index in [-0.39, 0.29) is 6.03 Å². The van der Waals surface area contributed by atoms with Crippen molar-refractivity contribution in [3.63, 3.8) is 0 Å². The Bertz CT molecular complexity index is 462. The van der Waals surface area contributed by atoms with Gasteiger partial charge in [-0.15, -0.1) is 0 Å². The Morgan fingerprint density at radius 3 is 2.86 bits per heavy atom. The quantitative estimate of drug-likeness (QED) is 0.804. The summed E-state index contributed by atoms with van der Waals surface area (Å²) in [6, 6.07) is 7.50. The van der Waals surface area contributed by atoms with Crippen LogP contribution < -0.4 is 10.6 Å². The topological polar surface area (TPSA) is 62.8 Å². The second-order valence-corrected chi connectivity index (χ2v) is 5.13. The average Bonchev–Trinajstić information content (AvgIpc) is 2.55. The Kier molecular flexibility index (Phi) is 7.15. The minimum absolute atomic E-state index is 0.183. The molecule has 6 nitrogen and oxygen atoms in total.